The molecule has 1 unspecified atom stereocenters. The lowest BCUT2D eigenvalue weighted by molar-refractivity contribution is -0.128. The number of likely N-dealkylation sites (tertiary alicyclic amines) is 1. The lowest BCUT2D eigenvalue weighted by Crippen LogP contribution is -2.28. The number of rotatable bonds is 7. The first-order valence-electron chi connectivity index (χ1n) is 7.55. The van der Waals surface area contributed by atoms with E-state index in [1.807, 2.05) is 6.92 Å². The van der Waals surface area contributed by atoms with Gasteiger partial charge in [0.1, 0.15) is 18.2 Å². The summed E-state index contributed by atoms with van der Waals surface area (Å²) in [5.74, 6) is -0.886. The Morgan fingerprint density at radius 2 is 2.22 bits per heavy atom. The van der Waals surface area contributed by atoms with E-state index in [9.17, 15) is 14.0 Å². The van der Waals surface area contributed by atoms with Gasteiger partial charge in [0.25, 0.3) is 0 Å². The molecule has 7 heteroatoms. The number of hydrogen-bond acceptors (Lipinski definition) is 4. The van der Waals surface area contributed by atoms with Crippen molar-refractivity contribution in [3.8, 4) is 5.75 Å². The number of nitrogens with one attached hydrogen (secondary N) is 1. The normalized spacial score (nSPS) is 17.4. The summed E-state index contributed by atoms with van der Waals surface area (Å²) in [6.07, 6.45) is 0.175. The first-order valence-corrected chi connectivity index (χ1v) is 7.55. The average Bonchev–Trinajstić information content (AvgIpc) is 2.91. The van der Waals surface area contributed by atoms with Crippen molar-refractivity contribution < 1.29 is 23.5 Å². The minimum atomic E-state index is -0.475. The third-order valence-corrected chi connectivity index (χ3v) is 3.71. The minimum Gasteiger partial charge on any atom is -0.489 e. The molecule has 1 aliphatic rings. The highest BCUT2D eigenvalue weighted by Crippen LogP contribution is 2.27. The highest BCUT2D eigenvalue weighted by molar-refractivity contribution is 5.98. The van der Waals surface area contributed by atoms with Crippen LogP contribution in [0.15, 0.2) is 18.2 Å². The van der Waals surface area contributed by atoms with E-state index in [4.69, 9.17) is 9.47 Å². The molecule has 0 saturated carbocycles. The number of methoxy groups -OCH3 is 1. The maximum Gasteiger partial charge on any atom is 0.229 e. The van der Waals surface area contributed by atoms with Gasteiger partial charge < -0.3 is 19.7 Å². The number of amides is 2. The van der Waals surface area contributed by atoms with Crippen molar-refractivity contribution in [2.75, 3.05) is 38.7 Å². The van der Waals surface area contributed by atoms with Gasteiger partial charge in [-0.15, -0.1) is 0 Å². The van der Waals surface area contributed by atoms with E-state index in [1.54, 1.807) is 12.0 Å². The second-order valence-corrected chi connectivity index (χ2v) is 5.30. The summed E-state index contributed by atoms with van der Waals surface area (Å²) in [5.41, 5.74) is 0.258. The Morgan fingerprint density at radius 3 is 2.87 bits per heavy atom. The molecule has 1 aromatic carbocycles. The van der Waals surface area contributed by atoms with Crippen LogP contribution >= 0.6 is 0 Å². The standard InChI is InChI=1S/C16H21FN2O4/c1-3-19-10-11(8-15(19)20)16(21)18-13-9-12(17)4-5-14(13)23-7-6-22-2/h4-5,9,11H,3,6-8,10H2,1-2H3,(H,18,21). The highest BCUT2D eigenvalue weighted by Gasteiger charge is 2.33. The molecule has 2 rings (SSSR count). The Hall–Kier alpha value is -2.15. The Kier molecular flexibility index (Phi) is 5.92. The van der Waals surface area contributed by atoms with Crippen molar-refractivity contribution >= 4 is 17.5 Å². The van der Waals surface area contributed by atoms with Crippen molar-refractivity contribution in [1.82, 2.24) is 4.90 Å². The summed E-state index contributed by atoms with van der Waals surface area (Å²) in [7, 11) is 1.55. The van der Waals surface area contributed by atoms with Crippen LogP contribution in [0.25, 0.3) is 0 Å². The first kappa shape index (κ1) is 17.2. The SMILES string of the molecule is CCN1CC(C(=O)Nc2cc(F)ccc2OCCOC)CC1=O. The monoisotopic (exact) mass is 324 g/mol. The van der Waals surface area contributed by atoms with Crippen molar-refractivity contribution in [2.24, 2.45) is 5.92 Å². The Labute approximate surface area is 134 Å². The lowest BCUT2D eigenvalue weighted by atomic mass is 10.1. The van der Waals surface area contributed by atoms with Gasteiger partial charge in [-0.05, 0) is 19.1 Å². The second-order valence-electron chi connectivity index (χ2n) is 5.30. The van der Waals surface area contributed by atoms with Gasteiger partial charge in [-0.1, -0.05) is 0 Å². The fourth-order valence-corrected chi connectivity index (χ4v) is 2.45. The predicted octanol–water partition coefficient (Wildman–Crippen LogP) is 1.66. The van der Waals surface area contributed by atoms with Crippen molar-refractivity contribution in [3.05, 3.63) is 24.0 Å². The van der Waals surface area contributed by atoms with Crippen molar-refractivity contribution in [1.29, 1.82) is 0 Å². The lowest BCUT2D eigenvalue weighted by Gasteiger charge is -2.16. The van der Waals surface area contributed by atoms with Crippen molar-refractivity contribution in [3.63, 3.8) is 0 Å². The third-order valence-electron chi connectivity index (χ3n) is 3.71. The molecule has 0 bridgehead atoms. The molecule has 1 aromatic rings. The van der Waals surface area contributed by atoms with E-state index in [2.05, 4.69) is 5.32 Å². The van der Waals surface area contributed by atoms with Gasteiger partial charge in [-0.25, -0.2) is 4.39 Å². The summed E-state index contributed by atoms with van der Waals surface area (Å²) in [6, 6.07) is 3.92. The van der Waals surface area contributed by atoms with Gasteiger partial charge in [0, 0.05) is 32.7 Å². The molecule has 1 fully saturated rings. The maximum absolute atomic E-state index is 13.4. The molecular weight excluding hydrogens is 303 g/mol. The molecule has 1 atom stereocenters. The topological polar surface area (TPSA) is 67.9 Å². The predicted molar refractivity (Wildman–Crippen MR) is 82.8 cm³/mol. The molecule has 126 valence electrons. The van der Waals surface area contributed by atoms with Crippen LogP contribution in [0.1, 0.15) is 13.3 Å². The summed E-state index contributed by atoms with van der Waals surface area (Å²) in [5, 5.41) is 2.66. The van der Waals surface area contributed by atoms with Gasteiger partial charge in [0.05, 0.1) is 18.2 Å². The van der Waals surface area contributed by atoms with Crippen LogP contribution in [-0.2, 0) is 14.3 Å². The Balaban J connectivity index is 2.05. The number of carbonyl (C=O) groups excluding carboxylic acids is 2. The molecule has 6 nitrogen and oxygen atoms in total. The van der Waals surface area contributed by atoms with E-state index >= 15 is 0 Å². The number of anilines is 1. The maximum atomic E-state index is 13.4. The quantitative estimate of drug-likeness (QED) is 0.775. The Bertz CT molecular complexity index is 579. The fourth-order valence-electron chi connectivity index (χ4n) is 2.45. The molecule has 0 radical (unpaired) electrons. The molecule has 1 aliphatic heterocycles. The first-order chi connectivity index (χ1) is 11.0. The number of hydrogen-bond donors (Lipinski definition) is 1. The summed E-state index contributed by atoms with van der Waals surface area (Å²) >= 11 is 0. The van der Waals surface area contributed by atoms with Gasteiger partial charge in [0.15, 0.2) is 0 Å². The third kappa shape index (κ3) is 4.41. The zero-order chi connectivity index (χ0) is 16.8. The average molecular weight is 324 g/mol. The molecule has 1 saturated heterocycles. The Morgan fingerprint density at radius 1 is 1.43 bits per heavy atom. The molecule has 23 heavy (non-hydrogen) atoms. The van der Waals surface area contributed by atoms with E-state index in [0.29, 0.717) is 25.4 Å². The molecule has 0 spiro atoms. The second kappa shape index (κ2) is 7.92. The van der Waals surface area contributed by atoms with E-state index in [0.717, 1.165) is 0 Å². The van der Waals surface area contributed by atoms with E-state index < -0.39 is 11.7 Å². The van der Waals surface area contributed by atoms with Crippen LogP contribution in [0.4, 0.5) is 10.1 Å². The zero-order valence-corrected chi connectivity index (χ0v) is 13.3. The number of benzene rings is 1. The number of carbonyl (C=O) groups is 2. The highest BCUT2D eigenvalue weighted by atomic mass is 19.1. The van der Waals surface area contributed by atoms with Gasteiger partial charge in [-0.2, -0.15) is 0 Å². The van der Waals surface area contributed by atoms with Crippen LogP contribution < -0.4 is 10.1 Å². The minimum absolute atomic E-state index is 0.0385. The largest absolute Gasteiger partial charge is 0.489 e. The van der Waals surface area contributed by atoms with Crippen molar-refractivity contribution in [2.45, 2.75) is 13.3 Å². The van der Waals surface area contributed by atoms with Gasteiger partial charge in [0.2, 0.25) is 11.8 Å². The van der Waals surface area contributed by atoms with Crippen LogP contribution in [-0.4, -0.2) is 50.1 Å². The molecular formula is C16H21FN2O4. The summed E-state index contributed by atoms with van der Waals surface area (Å²) < 4.78 is 23.8. The molecule has 1 N–H and O–H groups in total. The van der Waals surface area contributed by atoms with E-state index in [1.165, 1.54) is 18.2 Å². The van der Waals surface area contributed by atoms with Gasteiger partial charge in [-0.3, -0.25) is 9.59 Å². The van der Waals surface area contributed by atoms with Crippen LogP contribution in [0, 0.1) is 11.7 Å². The van der Waals surface area contributed by atoms with Crippen LogP contribution in [0.5, 0.6) is 5.75 Å². The summed E-state index contributed by atoms with van der Waals surface area (Å²) in [4.78, 5) is 25.7. The number of ether oxygens (including phenoxy) is 2. The number of nitrogens with zero attached hydrogens (tertiary/aromatic N) is 1. The zero-order valence-electron chi connectivity index (χ0n) is 13.3. The fraction of sp³-hybridized carbons (Fsp3) is 0.500. The molecule has 2 amide bonds. The smallest absolute Gasteiger partial charge is 0.229 e. The number of halogens is 1. The summed E-state index contributed by atoms with van der Waals surface area (Å²) in [6.45, 7) is 3.50. The van der Waals surface area contributed by atoms with E-state index in [-0.39, 0.29) is 30.5 Å². The molecule has 1 heterocycles. The van der Waals surface area contributed by atoms with Crippen LogP contribution in [0.2, 0.25) is 0 Å². The van der Waals surface area contributed by atoms with Crippen LogP contribution in [0.3, 0.4) is 0 Å². The molecule has 0 aliphatic carbocycles. The molecule has 0 aromatic heterocycles. The van der Waals surface area contributed by atoms with Gasteiger partial charge >= 0.3 is 0 Å².